The summed E-state index contributed by atoms with van der Waals surface area (Å²) in [5, 5.41) is 22.0. The molecule has 3 aliphatic carbocycles. The zero-order valence-corrected chi connectivity index (χ0v) is 19.8. The van der Waals surface area contributed by atoms with Crippen molar-refractivity contribution >= 4 is 34.9 Å². The normalized spacial score (nSPS) is 30.8. The number of carbonyl (C=O) groups is 6. The van der Waals surface area contributed by atoms with Gasteiger partial charge in [0.2, 0.25) is 11.8 Å². The molecule has 0 spiro atoms. The number of phenolic OH excluding ortho intramolecular Hbond substituents is 1. The van der Waals surface area contributed by atoms with Gasteiger partial charge in [-0.1, -0.05) is 25.1 Å². The van der Waals surface area contributed by atoms with Gasteiger partial charge in [0.15, 0.2) is 34.7 Å². The highest BCUT2D eigenvalue weighted by molar-refractivity contribution is 6.31. The van der Waals surface area contributed by atoms with Crippen molar-refractivity contribution in [2.75, 3.05) is 0 Å². The van der Waals surface area contributed by atoms with Gasteiger partial charge in [0.25, 0.3) is 0 Å². The minimum absolute atomic E-state index is 0.00206. The summed E-state index contributed by atoms with van der Waals surface area (Å²) >= 11 is 0. The predicted molar refractivity (Wildman–Crippen MR) is 127 cm³/mol. The molecule has 0 aliphatic heterocycles. The van der Waals surface area contributed by atoms with Crippen LogP contribution in [0, 0.1) is 29.6 Å². The Balaban J connectivity index is 1.61. The average Bonchev–Trinajstić information content (AvgIpc) is 2.84. The van der Waals surface area contributed by atoms with Crippen molar-refractivity contribution in [1.82, 2.24) is 0 Å². The number of ketones is 4. The van der Waals surface area contributed by atoms with Crippen LogP contribution in [0.4, 0.5) is 0 Å². The Hall–Kier alpha value is -4.18. The lowest BCUT2D eigenvalue weighted by Gasteiger charge is -2.50. The van der Waals surface area contributed by atoms with Crippen LogP contribution in [-0.2, 0) is 25.6 Å². The molecule has 37 heavy (non-hydrogen) atoms. The molecule has 2 unspecified atom stereocenters. The van der Waals surface area contributed by atoms with Gasteiger partial charge in [-0.15, -0.1) is 0 Å². The SMILES string of the molecule is C[C@@H]1C(=O)C(C(N)=O)C(=O)[C@@]2(O)C(=O)C3C(=O)c4c(O)ccc(-c5ccc(C(N)=O)cc5)c4C[C@H]3C[C@@H]12. The van der Waals surface area contributed by atoms with Gasteiger partial charge in [-0.25, -0.2) is 0 Å². The van der Waals surface area contributed by atoms with E-state index in [4.69, 9.17) is 11.5 Å². The van der Waals surface area contributed by atoms with Crippen LogP contribution in [0.15, 0.2) is 36.4 Å². The number of phenols is 1. The number of rotatable bonds is 3. The first-order valence-corrected chi connectivity index (χ1v) is 11.8. The number of primary amides is 2. The van der Waals surface area contributed by atoms with Crippen LogP contribution < -0.4 is 11.5 Å². The van der Waals surface area contributed by atoms with E-state index < -0.39 is 70.1 Å². The number of aromatic hydroxyl groups is 1. The molecule has 0 saturated heterocycles. The number of nitrogens with two attached hydrogens (primary N) is 2. The Labute approximate surface area is 210 Å². The minimum atomic E-state index is -2.71. The minimum Gasteiger partial charge on any atom is -0.507 e. The number of aliphatic hydroxyl groups is 1. The smallest absolute Gasteiger partial charge is 0.248 e. The van der Waals surface area contributed by atoms with Crippen molar-refractivity contribution in [2.24, 2.45) is 41.1 Å². The summed E-state index contributed by atoms with van der Waals surface area (Å²) in [6, 6.07) is 9.30. The first-order chi connectivity index (χ1) is 17.4. The van der Waals surface area contributed by atoms with Crippen LogP contribution in [0.3, 0.4) is 0 Å². The lowest BCUT2D eigenvalue weighted by atomic mass is 9.51. The number of amides is 2. The fourth-order valence-electron chi connectivity index (χ4n) is 6.38. The molecule has 10 nitrogen and oxygen atoms in total. The summed E-state index contributed by atoms with van der Waals surface area (Å²) in [6.07, 6.45) is 0.150. The molecular weight excluding hydrogens is 480 g/mol. The Bertz CT molecular complexity index is 1430. The van der Waals surface area contributed by atoms with Crippen molar-refractivity contribution in [3.05, 3.63) is 53.1 Å². The lowest BCUT2D eigenvalue weighted by molar-refractivity contribution is -0.180. The van der Waals surface area contributed by atoms with E-state index >= 15 is 0 Å². The summed E-state index contributed by atoms with van der Waals surface area (Å²) in [5.41, 5.74) is 9.78. The molecule has 5 rings (SSSR count). The molecule has 2 aromatic rings. The van der Waals surface area contributed by atoms with Crippen molar-refractivity contribution < 1.29 is 39.0 Å². The average molecular weight is 504 g/mol. The number of hydrogen-bond donors (Lipinski definition) is 4. The third-order valence-electron chi connectivity index (χ3n) is 8.25. The highest BCUT2D eigenvalue weighted by Crippen LogP contribution is 2.52. The number of Topliss-reactive ketones (excluding diaryl/α,β-unsaturated/α-hetero) is 4. The number of hydrogen-bond acceptors (Lipinski definition) is 8. The van der Waals surface area contributed by atoms with Crippen LogP contribution in [0.5, 0.6) is 5.75 Å². The van der Waals surface area contributed by atoms with Crippen molar-refractivity contribution in [3.8, 4) is 16.9 Å². The Morgan fingerprint density at radius 2 is 1.62 bits per heavy atom. The molecule has 0 radical (unpaired) electrons. The van der Waals surface area contributed by atoms with E-state index in [-0.39, 0.29) is 24.2 Å². The molecule has 10 heteroatoms. The fourth-order valence-corrected chi connectivity index (χ4v) is 6.38. The number of benzene rings is 2. The van der Waals surface area contributed by atoms with Gasteiger partial charge in [-0.05, 0) is 53.6 Å². The van der Waals surface area contributed by atoms with Crippen molar-refractivity contribution in [2.45, 2.75) is 25.4 Å². The van der Waals surface area contributed by atoms with Crippen LogP contribution in [0.2, 0.25) is 0 Å². The number of carbonyl (C=O) groups excluding carboxylic acids is 6. The first-order valence-electron chi connectivity index (χ1n) is 11.8. The molecule has 2 amide bonds. The van der Waals surface area contributed by atoms with Gasteiger partial charge >= 0.3 is 0 Å². The number of fused-ring (bicyclic) bond motifs is 3. The molecule has 190 valence electrons. The van der Waals surface area contributed by atoms with Gasteiger partial charge in [0.1, 0.15) is 5.75 Å². The Morgan fingerprint density at radius 3 is 2.22 bits per heavy atom. The maximum Gasteiger partial charge on any atom is 0.248 e. The van der Waals surface area contributed by atoms with E-state index in [0.717, 1.165) is 0 Å². The van der Waals surface area contributed by atoms with Gasteiger partial charge < -0.3 is 21.7 Å². The van der Waals surface area contributed by atoms with E-state index in [1.54, 1.807) is 18.2 Å². The molecule has 6 N–H and O–H groups in total. The van der Waals surface area contributed by atoms with Gasteiger partial charge in [-0.3, -0.25) is 28.8 Å². The monoisotopic (exact) mass is 504 g/mol. The quantitative estimate of drug-likeness (QED) is 0.429. The molecule has 0 aromatic heterocycles. The summed E-state index contributed by atoms with van der Waals surface area (Å²) in [6.45, 7) is 1.43. The summed E-state index contributed by atoms with van der Waals surface area (Å²) in [7, 11) is 0. The van der Waals surface area contributed by atoms with E-state index in [1.165, 1.54) is 25.1 Å². The molecule has 0 bridgehead atoms. The third kappa shape index (κ3) is 3.28. The van der Waals surface area contributed by atoms with Crippen LogP contribution in [-0.4, -0.2) is 50.8 Å². The van der Waals surface area contributed by atoms with E-state index in [9.17, 15) is 39.0 Å². The lowest BCUT2D eigenvalue weighted by Crippen LogP contribution is -2.70. The fraction of sp³-hybridized carbons (Fsp3) is 0.333. The highest BCUT2D eigenvalue weighted by Gasteiger charge is 2.68. The summed E-state index contributed by atoms with van der Waals surface area (Å²) in [4.78, 5) is 76.5. The second kappa shape index (κ2) is 8.17. The highest BCUT2D eigenvalue weighted by atomic mass is 16.3. The maximum atomic E-state index is 13.7. The van der Waals surface area contributed by atoms with Crippen molar-refractivity contribution in [3.63, 3.8) is 0 Å². The second-order valence-electron chi connectivity index (χ2n) is 10.1. The molecular formula is C27H24N2O8. The van der Waals surface area contributed by atoms with Gasteiger partial charge in [0, 0.05) is 17.4 Å². The Morgan fingerprint density at radius 1 is 0.973 bits per heavy atom. The van der Waals surface area contributed by atoms with E-state index in [1.807, 2.05) is 0 Å². The third-order valence-corrected chi connectivity index (χ3v) is 8.25. The first kappa shape index (κ1) is 24.5. The van der Waals surface area contributed by atoms with E-state index in [0.29, 0.717) is 22.3 Å². The zero-order chi connectivity index (χ0) is 27.0. The summed E-state index contributed by atoms with van der Waals surface area (Å²) < 4.78 is 0. The van der Waals surface area contributed by atoms with Crippen LogP contribution in [0.1, 0.15) is 39.6 Å². The zero-order valence-electron chi connectivity index (χ0n) is 19.8. The Kier molecular flexibility index (Phi) is 5.41. The molecule has 6 atom stereocenters. The molecule has 0 heterocycles. The van der Waals surface area contributed by atoms with Gasteiger partial charge in [0.05, 0.1) is 11.5 Å². The van der Waals surface area contributed by atoms with Crippen LogP contribution >= 0.6 is 0 Å². The topological polar surface area (TPSA) is 195 Å². The maximum absolute atomic E-state index is 13.7. The summed E-state index contributed by atoms with van der Waals surface area (Å²) in [5.74, 6) is -12.3. The standard InChI is InChI=1S/C27H24N2O8/c1-10-16-9-13-8-15-14(11-2-4-12(5-3-11)25(28)35)6-7-17(30)19(15)22(32)18(13)23(33)27(16,37)24(34)20(21(10)31)26(29)36/h2-7,10,13,16,18,20,30,37H,8-9H2,1H3,(H2,28,35)(H2,29,36)/t10-,13-,16-,18?,20?,27-/m0/s1. The van der Waals surface area contributed by atoms with Crippen molar-refractivity contribution in [1.29, 1.82) is 0 Å². The van der Waals surface area contributed by atoms with E-state index in [2.05, 4.69) is 0 Å². The molecule has 3 aliphatic rings. The molecule has 2 aromatic carbocycles. The molecule has 2 saturated carbocycles. The predicted octanol–water partition coefficient (Wildman–Crippen LogP) is 0.339. The molecule has 2 fully saturated rings. The largest absolute Gasteiger partial charge is 0.507 e. The van der Waals surface area contributed by atoms with Gasteiger partial charge in [-0.2, -0.15) is 0 Å². The van der Waals surface area contributed by atoms with Crippen LogP contribution in [0.25, 0.3) is 11.1 Å². The second-order valence-corrected chi connectivity index (χ2v) is 10.1.